The number of aromatic nitrogens is 1. The maximum Gasteiger partial charge on any atom is 0.323 e. The zero-order valence-electron chi connectivity index (χ0n) is 11.5. The topological polar surface area (TPSA) is 86.7 Å². The average molecular weight is 278 g/mol. The molecule has 0 aliphatic carbocycles. The molecule has 0 aliphatic rings. The van der Waals surface area contributed by atoms with Crippen molar-refractivity contribution in [3.8, 4) is 11.5 Å². The van der Waals surface area contributed by atoms with Gasteiger partial charge in [0.15, 0.2) is 11.5 Å². The summed E-state index contributed by atoms with van der Waals surface area (Å²) < 4.78 is 12.2. The predicted molar refractivity (Wildman–Crippen MR) is 75.4 cm³/mol. The van der Waals surface area contributed by atoms with Crippen molar-refractivity contribution >= 4 is 16.9 Å². The van der Waals surface area contributed by atoms with Gasteiger partial charge in [0.2, 0.25) is 0 Å². The molecule has 6 heteroatoms. The van der Waals surface area contributed by atoms with Crippen molar-refractivity contribution < 1.29 is 19.4 Å². The smallest absolute Gasteiger partial charge is 0.323 e. The molecule has 3 N–H and O–H groups in total. The molecule has 0 radical (unpaired) electrons. The lowest BCUT2D eigenvalue weighted by Crippen LogP contribution is -2.07. The second-order valence-electron chi connectivity index (χ2n) is 4.44. The molecule has 0 atom stereocenters. The Morgan fingerprint density at radius 3 is 2.50 bits per heavy atom. The summed E-state index contributed by atoms with van der Waals surface area (Å²) in [6, 6.07) is 3.65. The van der Waals surface area contributed by atoms with Gasteiger partial charge >= 0.3 is 5.97 Å². The fraction of sp³-hybridized carbons (Fsp3) is 0.357. The summed E-state index contributed by atoms with van der Waals surface area (Å²) in [5.74, 6) is 0.298. The molecule has 6 nitrogen and oxygen atoms in total. The standard InChI is InChI=1S/C14H18N2O4/c1-19-12-5-10-9(3-4-15)7-16(8-14(17)18)11(10)6-13(12)20-2/h5-7H,3-4,8,15H2,1-2H3,(H,17,18). The van der Waals surface area contributed by atoms with Gasteiger partial charge in [-0.3, -0.25) is 4.79 Å². The molecule has 0 spiro atoms. The molecular weight excluding hydrogens is 260 g/mol. The Balaban J connectivity index is 2.65. The Morgan fingerprint density at radius 2 is 1.95 bits per heavy atom. The molecule has 0 saturated carbocycles. The van der Waals surface area contributed by atoms with Crippen LogP contribution in [-0.4, -0.2) is 36.4 Å². The number of methoxy groups -OCH3 is 2. The number of aliphatic carboxylic acids is 1. The number of nitrogens with two attached hydrogens (primary N) is 1. The van der Waals surface area contributed by atoms with Gasteiger partial charge < -0.3 is 24.9 Å². The van der Waals surface area contributed by atoms with E-state index < -0.39 is 5.97 Å². The van der Waals surface area contributed by atoms with E-state index in [4.69, 9.17) is 20.3 Å². The highest BCUT2D eigenvalue weighted by Crippen LogP contribution is 2.34. The molecule has 0 aliphatic heterocycles. The predicted octanol–water partition coefficient (Wildman–Crippen LogP) is 1.24. The van der Waals surface area contributed by atoms with Gasteiger partial charge in [-0.15, -0.1) is 0 Å². The highest BCUT2D eigenvalue weighted by Gasteiger charge is 2.14. The molecule has 0 amide bonds. The monoisotopic (exact) mass is 278 g/mol. The van der Waals surface area contributed by atoms with Gasteiger partial charge in [0.05, 0.1) is 19.7 Å². The maximum absolute atomic E-state index is 11.0. The Hall–Kier alpha value is -2.21. The lowest BCUT2D eigenvalue weighted by molar-refractivity contribution is -0.137. The lowest BCUT2D eigenvalue weighted by Gasteiger charge is -2.09. The number of hydrogen-bond donors (Lipinski definition) is 2. The van der Waals surface area contributed by atoms with E-state index in [1.54, 1.807) is 24.9 Å². The van der Waals surface area contributed by atoms with Gasteiger partial charge in [0.1, 0.15) is 6.54 Å². The third-order valence-corrected chi connectivity index (χ3v) is 3.19. The number of benzene rings is 1. The fourth-order valence-electron chi connectivity index (χ4n) is 2.32. The van der Waals surface area contributed by atoms with Gasteiger partial charge in [-0.25, -0.2) is 0 Å². The second kappa shape index (κ2) is 5.83. The third kappa shape index (κ3) is 2.55. The van der Waals surface area contributed by atoms with E-state index in [1.165, 1.54) is 0 Å². The number of carboxylic acid groups (broad SMARTS) is 1. The highest BCUT2D eigenvalue weighted by molar-refractivity contribution is 5.88. The molecule has 2 rings (SSSR count). The minimum Gasteiger partial charge on any atom is -0.493 e. The Morgan fingerprint density at radius 1 is 1.30 bits per heavy atom. The number of nitrogens with zero attached hydrogens (tertiary/aromatic N) is 1. The molecule has 0 saturated heterocycles. The fourth-order valence-corrected chi connectivity index (χ4v) is 2.32. The van der Waals surface area contributed by atoms with Crippen molar-refractivity contribution in [2.24, 2.45) is 5.73 Å². The third-order valence-electron chi connectivity index (χ3n) is 3.19. The quantitative estimate of drug-likeness (QED) is 0.830. The van der Waals surface area contributed by atoms with E-state index in [0.29, 0.717) is 24.5 Å². The van der Waals surface area contributed by atoms with Crippen LogP contribution in [0.2, 0.25) is 0 Å². The van der Waals surface area contributed by atoms with Crippen LogP contribution < -0.4 is 15.2 Å². The Bertz CT molecular complexity index is 634. The summed E-state index contributed by atoms with van der Waals surface area (Å²) in [4.78, 5) is 11.0. The van der Waals surface area contributed by atoms with Crippen molar-refractivity contribution in [1.29, 1.82) is 0 Å². The number of rotatable bonds is 6. The normalized spacial score (nSPS) is 10.8. The Labute approximate surface area is 116 Å². The van der Waals surface area contributed by atoms with Crippen LogP contribution in [0.3, 0.4) is 0 Å². The molecule has 20 heavy (non-hydrogen) atoms. The van der Waals surface area contributed by atoms with E-state index >= 15 is 0 Å². The zero-order chi connectivity index (χ0) is 14.7. The van der Waals surface area contributed by atoms with Gasteiger partial charge in [-0.1, -0.05) is 0 Å². The molecule has 0 unspecified atom stereocenters. The molecule has 108 valence electrons. The van der Waals surface area contributed by atoms with E-state index in [2.05, 4.69) is 0 Å². The molecule has 1 aromatic carbocycles. The summed E-state index contributed by atoms with van der Waals surface area (Å²) in [6.07, 6.45) is 2.50. The van der Waals surface area contributed by atoms with Crippen LogP contribution in [0.4, 0.5) is 0 Å². The highest BCUT2D eigenvalue weighted by atomic mass is 16.5. The average Bonchev–Trinajstić information content (AvgIpc) is 2.74. The first-order chi connectivity index (χ1) is 9.60. The minimum atomic E-state index is -0.893. The first-order valence-electron chi connectivity index (χ1n) is 6.26. The summed E-state index contributed by atoms with van der Waals surface area (Å²) in [5, 5.41) is 9.93. The van der Waals surface area contributed by atoms with Gasteiger partial charge in [-0.05, 0) is 24.6 Å². The second-order valence-corrected chi connectivity index (χ2v) is 4.44. The van der Waals surface area contributed by atoms with Crippen molar-refractivity contribution in [3.05, 3.63) is 23.9 Å². The van der Waals surface area contributed by atoms with Gasteiger partial charge in [0, 0.05) is 17.6 Å². The number of fused-ring (bicyclic) bond motifs is 1. The first kappa shape index (κ1) is 14.2. The van der Waals surface area contributed by atoms with Crippen LogP contribution in [0.5, 0.6) is 11.5 Å². The van der Waals surface area contributed by atoms with Crippen LogP contribution in [0, 0.1) is 0 Å². The van der Waals surface area contributed by atoms with Crippen LogP contribution >= 0.6 is 0 Å². The number of ether oxygens (including phenoxy) is 2. The number of carbonyl (C=O) groups is 1. The zero-order valence-corrected chi connectivity index (χ0v) is 11.5. The number of hydrogen-bond acceptors (Lipinski definition) is 4. The van der Waals surface area contributed by atoms with E-state index in [-0.39, 0.29) is 6.54 Å². The van der Waals surface area contributed by atoms with Crippen molar-refractivity contribution in [2.45, 2.75) is 13.0 Å². The van der Waals surface area contributed by atoms with E-state index in [9.17, 15) is 4.79 Å². The van der Waals surface area contributed by atoms with Gasteiger partial charge in [-0.2, -0.15) is 0 Å². The number of carboxylic acids is 1. The van der Waals surface area contributed by atoms with Crippen LogP contribution in [-0.2, 0) is 17.8 Å². The molecular formula is C14H18N2O4. The van der Waals surface area contributed by atoms with Crippen LogP contribution in [0.1, 0.15) is 5.56 Å². The van der Waals surface area contributed by atoms with Crippen molar-refractivity contribution in [1.82, 2.24) is 4.57 Å². The van der Waals surface area contributed by atoms with Crippen LogP contribution in [0.25, 0.3) is 10.9 Å². The SMILES string of the molecule is COc1cc2c(CCN)cn(CC(=O)O)c2cc1OC. The van der Waals surface area contributed by atoms with Crippen molar-refractivity contribution in [3.63, 3.8) is 0 Å². The molecule has 1 aromatic heterocycles. The summed E-state index contributed by atoms with van der Waals surface area (Å²) in [7, 11) is 3.12. The maximum atomic E-state index is 11.0. The Kier molecular flexibility index (Phi) is 4.14. The van der Waals surface area contributed by atoms with Crippen LogP contribution in [0.15, 0.2) is 18.3 Å². The summed E-state index contributed by atoms with van der Waals surface area (Å²) >= 11 is 0. The molecule has 2 aromatic rings. The first-order valence-corrected chi connectivity index (χ1v) is 6.26. The summed E-state index contributed by atoms with van der Waals surface area (Å²) in [6.45, 7) is 0.400. The van der Waals surface area contributed by atoms with E-state index in [0.717, 1.165) is 16.5 Å². The molecule has 0 bridgehead atoms. The van der Waals surface area contributed by atoms with Gasteiger partial charge in [0.25, 0.3) is 0 Å². The molecule has 0 fully saturated rings. The van der Waals surface area contributed by atoms with E-state index in [1.807, 2.05) is 12.3 Å². The largest absolute Gasteiger partial charge is 0.493 e. The minimum absolute atomic E-state index is 0.101. The summed E-state index contributed by atoms with van der Waals surface area (Å²) in [5.41, 5.74) is 7.41. The van der Waals surface area contributed by atoms with Crippen molar-refractivity contribution in [2.75, 3.05) is 20.8 Å². The molecule has 1 heterocycles. The lowest BCUT2D eigenvalue weighted by atomic mass is 10.1.